The standard InChI is InChI=1S/C28H35N5O3S/c1-5-7-10-17-36-21-15-13-20(14-16-21)25-24(26(34)30-22-11-8-9-12-23(22)35-4)19(3)29-27-31-28(32-33(25)27)37-18-6-2/h8-9,11-16,25H,5-7,10,17-18H2,1-4H3,(H,30,34)(H,29,31,32). The molecule has 3 aromatic rings. The van der Waals surface area contributed by atoms with E-state index in [2.05, 4.69) is 29.5 Å². The fraction of sp³-hybridized carbons (Fsp3) is 0.393. The Morgan fingerprint density at radius 3 is 2.62 bits per heavy atom. The van der Waals surface area contributed by atoms with Crippen molar-refractivity contribution in [2.45, 2.75) is 57.7 Å². The molecule has 0 fully saturated rings. The second-order valence-electron chi connectivity index (χ2n) is 8.86. The third kappa shape index (κ3) is 6.28. The molecule has 0 radical (unpaired) electrons. The van der Waals surface area contributed by atoms with E-state index < -0.39 is 6.04 Å². The molecule has 1 atom stereocenters. The number of rotatable bonds is 12. The van der Waals surface area contributed by atoms with Crippen LogP contribution in [0.1, 0.15) is 58.1 Å². The first-order valence-electron chi connectivity index (χ1n) is 12.8. The van der Waals surface area contributed by atoms with E-state index in [4.69, 9.17) is 14.6 Å². The molecule has 1 aliphatic rings. The van der Waals surface area contributed by atoms with Crippen LogP contribution < -0.4 is 20.1 Å². The van der Waals surface area contributed by atoms with E-state index in [1.165, 1.54) is 0 Å². The molecule has 0 saturated heterocycles. The minimum Gasteiger partial charge on any atom is -0.495 e. The lowest BCUT2D eigenvalue weighted by atomic mass is 9.95. The monoisotopic (exact) mass is 521 g/mol. The van der Waals surface area contributed by atoms with Gasteiger partial charge < -0.3 is 20.1 Å². The third-order valence-electron chi connectivity index (χ3n) is 6.08. The van der Waals surface area contributed by atoms with Crippen molar-refractivity contribution >= 4 is 29.3 Å². The number of fused-ring (bicyclic) bond motifs is 1. The average Bonchev–Trinajstić information content (AvgIpc) is 3.32. The van der Waals surface area contributed by atoms with E-state index >= 15 is 0 Å². The summed E-state index contributed by atoms with van der Waals surface area (Å²) in [7, 11) is 1.59. The number of hydrogen-bond donors (Lipinski definition) is 2. The molecular weight excluding hydrogens is 486 g/mol. The number of thioether (sulfide) groups is 1. The van der Waals surface area contributed by atoms with Crippen LogP contribution >= 0.6 is 11.8 Å². The zero-order chi connectivity index (χ0) is 26.2. The molecule has 8 nitrogen and oxygen atoms in total. The Morgan fingerprint density at radius 1 is 1.11 bits per heavy atom. The topological polar surface area (TPSA) is 90.3 Å². The molecule has 37 heavy (non-hydrogen) atoms. The molecule has 9 heteroatoms. The van der Waals surface area contributed by atoms with Gasteiger partial charge in [-0.05, 0) is 49.6 Å². The van der Waals surface area contributed by atoms with E-state index in [1.54, 1.807) is 23.6 Å². The van der Waals surface area contributed by atoms with Crippen molar-refractivity contribution in [3.05, 3.63) is 65.4 Å². The quantitative estimate of drug-likeness (QED) is 0.214. The zero-order valence-electron chi connectivity index (χ0n) is 21.9. The fourth-order valence-corrected chi connectivity index (χ4v) is 4.90. The fourth-order valence-electron chi connectivity index (χ4n) is 4.21. The number of unbranched alkanes of at least 4 members (excludes halogenated alkanes) is 2. The molecule has 4 rings (SSSR count). The van der Waals surface area contributed by atoms with Crippen molar-refractivity contribution in [1.29, 1.82) is 0 Å². The van der Waals surface area contributed by atoms with E-state index in [0.29, 0.717) is 34.7 Å². The molecular formula is C28H35N5O3S. The van der Waals surface area contributed by atoms with Crippen molar-refractivity contribution in [2.75, 3.05) is 30.1 Å². The van der Waals surface area contributed by atoms with Crippen LogP contribution in [-0.4, -0.2) is 40.1 Å². The molecule has 2 N–H and O–H groups in total. The van der Waals surface area contributed by atoms with Crippen LogP contribution in [0, 0.1) is 0 Å². The van der Waals surface area contributed by atoms with Crippen LogP contribution in [0.3, 0.4) is 0 Å². The summed E-state index contributed by atoms with van der Waals surface area (Å²) < 4.78 is 13.2. The number of carbonyl (C=O) groups excluding carboxylic acids is 1. The first-order chi connectivity index (χ1) is 18.0. The number of allylic oxidation sites excluding steroid dienone is 1. The highest BCUT2D eigenvalue weighted by molar-refractivity contribution is 7.99. The molecule has 1 amide bonds. The Bertz CT molecular complexity index is 1240. The van der Waals surface area contributed by atoms with Gasteiger partial charge in [0.15, 0.2) is 0 Å². The SMILES string of the molecule is CCCCCOc1ccc(C2C(C(=O)Nc3ccccc3OC)=C(C)Nc3nc(SCCC)nn32)cc1. The molecule has 2 heterocycles. The van der Waals surface area contributed by atoms with Crippen molar-refractivity contribution in [1.82, 2.24) is 14.8 Å². The molecule has 1 unspecified atom stereocenters. The predicted molar refractivity (Wildman–Crippen MR) is 149 cm³/mol. The lowest BCUT2D eigenvalue weighted by Gasteiger charge is -2.29. The van der Waals surface area contributed by atoms with Gasteiger partial charge in [0.2, 0.25) is 11.1 Å². The first kappa shape index (κ1) is 26.6. The summed E-state index contributed by atoms with van der Waals surface area (Å²) >= 11 is 1.61. The van der Waals surface area contributed by atoms with Crippen LogP contribution in [-0.2, 0) is 4.79 Å². The number of aromatic nitrogens is 3. The smallest absolute Gasteiger partial charge is 0.255 e. The van der Waals surface area contributed by atoms with Gasteiger partial charge in [0.1, 0.15) is 17.5 Å². The van der Waals surface area contributed by atoms with E-state index in [0.717, 1.165) is 48.4 Å². The minimum absolute atomic E-state index is 0.233. The molecule has 0 aliphatic carbocycles. The van der Waals surface area contributed by atoms with Crippen LogP contribution in [0.15, 0.2) is 65.0 Å². The second-order valence-corrected chi connectivity index (χ2v) is 9.92. The molecule has 196 valence electrons. The van der Waals surface area contributed by atoms with Gasteiger partial charge in [0.25, 0.3) is 5.91 Å². The maximum atomic E-state index is 13.7. The number of ether oxygens (including phenoxy) is 2. The molecule has 1 aromatic heterocycles. The number of amides is 1. The normalized spacial score (nSPS) is 14.6. The summed E-state index contributed by atoms with van der Waals surface area (Å²) in [5.41, 5.74) is 2.81. The van der Waals surface area contributed by atoms with Gasteiger partial charge in [-0.1, -0.05) is 62.7 Å². The van der Waals surface area contributed by atoms with E-state index in [-0.39, 0.29) is 5.91 Å². The number of anilines is 2. The Balaban J connectivity index is 1.67. The Hall–Kier alpha value is -3.46. The van der Waals surface area contributed by atoms with Crippen LogP contribution in [0.25, 0.3) is 0 Å². The van der Waals surface area contributed by atoms with E-state index in [9.17, 15) is 4.79 Å². The predicted octanol–water partition coefficient (Wildman–Crippen LogP) is 6.29. The molecule has 0 spiro atoms. The molecule has 2 aromatic carbocycles. The molecule has 0 bridgehead atoms. The lowest BCUT2D eigenvalue weighted by Crippen LogP contribution is -2.31. The van der Waals surface area contributed by atoms with Crippen molar-refractivity contribution in [3.8, 4) is 11.5 Å². The van der Waals surface area contributed by atoms with Gasteiger partial charge in [-0.3, -0.25) is 4.79 Å². The Kier molecular flexibility index (Phi) is 9.11. The van der Waals surface area contributed by atoms with Crippen LogP contribution in [0.5, 0.6) is 11.5 Å². The van der Waals surface area contributed by atoms with Gasteiger partial charge >= 0.3 is 0 Å². The highest BCUT2D eigenvalue weighted by Crippen LogP contribution is 2.38. The minimum atomic E-state index is -0.455. The van der Waals surface area contributed by atoms with Gasteiger partial charge in [0, 0.05) is 11.4 Å². The number of methoxy groups -OCH3 is 1. The van der Waals surface area contributed by atoms with Gasteiger partial charge in [-0.25, -0.2) is 4.68 Å². The maximum Gasteiger partial charge on any atom is 0.255 e. The Morgan fingerprint density at radius 2 is 1.89 bits per heavy atom. The van der Waals surface area contributed by atoms with Gasteiger partial charge in [0.05, 0.1) is 25.0 Å². The van der Waals surface area contributed by atoms with Crippen LogP contribution in [0.2, 0.25) is 0 Å². The highest BCUT2D eigenvalue weighted by atomic mass is 32.2. The summed E-state index contributed by atoms with van der Waals surface area (Å²) in [4.78, 5) is 18.4. The molecule has 1 aliphatic heterocycles. The van der Waals surface area contributed by atoms with Gasteiger partial charge in [-0.15, -0.1) is 5.10 Å². The summed E-state index contributed by atoms with van der Waals surface area (Å²) in [5.74, 6) is 2.72. The van der Waals surface area contributed by atoms with Crippen molar-refractivity contribution in [2.24, 2.45) is 0 Å². The van der Waals surface area contributed by atoms with Crippen LogP contribution in [0.4, 0.5) is 11.6 Å². The first-order valence-corrected chi connectivity index (χ1v) is 13.8. The third-order valence-corrected chi connectivity index (χ3v) is 7.12. The maximum absolute atomic E-state index is 13.7. The number of para-hydroxylation sites is 2. The number of benzene rings is 2. The largest absolute Gasteiger partial charge is 0.495 e. The van der Waals surface area contributed by atoms with E-state index in [1.807, 2.05) is 55.5 Å². The summed E-state index contributed by atoms with van der Waals surface area (Å²) in [5, 5.41) is 11.8. The average molecular weight is 522 g/mol. The zero-order valence-corrected chi connectivity index (χ0v) is 22.7. The highest BCUT2D eigenvalue weighted by Gasteiger charge is 2.34. The lowest BCUT2D eigenvalue weighted by molar-refractivity contribution is -0.113. The van der Waals surface area contributed by atoms with Crippen molar-refractivity contribution < 1.29 is 14.3 Å². The number of nitrogens with one attached hydrogen (secondary N) is 2. The van der Waals surface area contributed by atoms with Crippen molar-refractivity contribution in [3.63, 3.8) is 0 Å². The summed E-state index contributed by atoms with van der Waals surface area (Å²) in [6, 6.07) is 14.8. The van der Waals surface area contributed by atoms with Gasteiger partial charge in [-0.2, -0.15) is 4.98 Å². The number of hydrogen-bond acceptors (Lipinski definition) is 7. The Labute approximate surface area is 222 Å². The summed E-state index contributed by atoms with van der Waals surface area (Å²) in [6.45, 7) is 6.89. The number of nitrogens with zero attached hydrogens (tertiary/aromatic N) is 3. The second kappa shape index (κ2) is 12.7. The molecule has 0 saturated carbocycles. The summed E-state index contributed by atoms with van der Waals surface area (Å²) in [6.07, 6.45) is 4.36. The number of carbonyl (C=O) groups is 1.